The first-order valence-electron chi connectivity index (χ1n) is 8.21. The summed E-state index contributed by atoms with van der Waals surface area (Å²) in [6, 6.07) is 9.11. The number of hydrogen-bond donors (Lipinski definition) is 1. The van der Waals surface area contributed by atoms with Gasteiger partial charge in [0.2, 0.25) is 0 Å². The van der Waals surface area contributed by atoms with Crippen molar-refractivity contribution in [3.05, 3.63) is 53.6 Å². The minimum Gasteiger partial charge on any atom is -0.427 e. The summed E-state index contributed by atoms with van der Waals surface area (Å²) in [7, 11) is 0. The second-order valence-corrected chi connectivity index (χ2v) is 5.63. The summed E-state index contributed by atoms with van der Waals surface area (Å²) >= 11 is 0. The molecule has 0 atom stereocenters. The molecule has 0 aromatic heterocycles. The van der Waals surface area contributed by atoms with E-state index >= 15 is 0 Å². The third kappa shape index (κ3) is 13.3. The van der Waals surface area contributed by atoms with Crippen LogP contribution in [0.25, 0.3) is 0 Å². The second kappa shape index (κ2) is 14.2. The molecule has 0 aliphatic carbocycles. The van der Waals surface area contributed by atoms with Crippen molar-refractivity contribution < 1.29 is 14.7 Å². The van der Waals surface area contributed by atoms with Gasteiger partial charge in [0, 0.05) is 6.42 Å². The Bertz CT molecular complexity index is 541. The molecule has 132 valence electrons. The predicted octanol–water partition coefficient (Wildman–Crippen LogP) is 5.53. The average molecular weight is 331 g/mol. The van der Waals surface area contributed by atoms with E-state index in [1.165, 1.54) is 17.4 Å². The Balaban J connectivity index is 0.000000441. The van der Waals surface area contributed by atoms with Gasteiger partial charge in [-0.2, -0.15) is 0 Å². The van der Waals surface area contributed by atoms with Crippen molar-refractivity contribution in [1.82, 2.24) is 0 Å². The number of carbonyl (C=O) groups excluding carboxylic acids is 1. The maximum Gasteiger partial charge on any atom is 0.311 e. The summed E-state index contributed by atoms with van der Waals surface area (Å²) < 4.78 is 5.02. The molecule has 24 heavy (non-hydrogen) atoms. The van der Waals surface area contributed by atoms with Crippen molar-refractivity contribution in [2.75, 3.05) is 0 Å². The Hall–Kier alpha value is -2.36. The molecule has 0 radical (unpaired) electrons. The first-order chi connectivity index (χ1) is 11.5. The van der Waals surface area contributed by atoms with Crippen LogP contribution in [0.1, 0.15) is 53.4 Å². The molecule has 1 aromatic carbocycles. The van der Waals surface area contributed by atoms with Crippen LogP contribution in [0.3, 0.4) is 0 Å². The van der Waals surface area contributed by atoms with E-state index in [4.69, 9.17) is 9.94 Å². The molecule has 0 aliphatic rings. The maximum absolute atomic E-state index is 11.0. The summed E-state index contributed by atoms with van der Waals surface area (Å²) in [4.78, 5) is 11.0. The molecule has 0 aliphatic heterocycles. The zero-order chi connectivity index (χ0) is 18.2. The summed E-state index contributed by atoms with van der Waals surface area (Å²) in [6.45, 7) is 8.16. The summed E-state index contributed by atoms with van der Waals surface area (Å²) in [5.74, 6) is 0.458. The van der Waals surface area contributed by atoms with Gasteiger partial charge in [0.15, 0.2) is 0 Å². The molecule has 1 aromatic rings. The van der Waals surface area contributed by atoms with E-state index < -0.39 is 0 Å². The smallest absolute Gasteiger partial charge is 0.311 e. The van der Waals surface area contributed by atoms with Gasteiger partial charge in [-0.25, -0.2) is 0 Å². The number of hydrogen-bond acceptors (Lipinski definition) is 4. The van der Waals surface area contributed by atoms with Gasteiger partial charge in [-0.15, -0.1) is 0 Å². The number of benzene rings is 1. The lowest BCUT2D eigenvalue weighted by Gasteiger charge is -2.01. The molecule has 0 unspecified atom stereocenters. The Morgan fingerprint density at radius 1 is 1.17 bits per heavy atom. The van der Waals surface area contributed by atoms with Crippen molar-refractivity contribution in [3.63, 3.8) is 0 Å². The van der Waals surface area contributed by atoms with Gasteiger partial charge in [0.1, 0.15) is 5.75 Å². The zero-order valence-corrected chi connectivity index (χ0v) is 15.2. The van der Waals surface area contributed by atoms with Crippen LogP contribution in [0, 0.1) is 0 Å². The summed E-state index contributed by atoms with van der Waals surface area (Å²) in [6.07, 6.45) is 8.81. The lowest BCUT2D eigenvalue weighted by Crippen LogP contribution is -2.06. The zero-order valence-electron chi connectivity index (χ0n) is 15.2. The lowest BCUT2D eigenvalue weighted by molar-refractivity contribution is -0.134. The van der Waals surface area contributed by atoms with E-state index in [0.717, 1.165) is 19.3 Å². The normalized spacial score (nSPS) is 10.8. The van der Waals surface area contributed by atoms with Crippen LogP contribution in [0.5, 0.6) is 5.75 Å². The highest BCUT2D eigenvalue weighted by atomic mass is 16.5. The summed E-state index contributed by atoms with van der Waals surface area (Å²) in [5.41, 5.74) is 2.57. The molecule has 0 saturated heterocycles. The molecule has 1 N–H and O–H groups in total. The van der Waals surface area contributed by atoms with Gasteiger partial charge in [0.05, 0.1) is 6.21 Å². The quantitative estimate of drug-likeness (QED) is 0.178. The number of nitrogens with zero attached hydrogens (tertiary/aromatic N) is 1. The highest BCUT2D eigenvalue weighted by Crippen LogP contribution is 2.09. The summed E-state index contributed by atoms with van der Waals surface area (Å²) in [5, 5.41) is 11.0. The molecular formula is C20H29NO3. The van der Waals surface area contributed by atoms with E-state index in [1.54, 1.807) is 12.1 Å². The fourth-order valence-electron chi connectivity index (χ4n) is 1.71. The molecule has 4 heteroatoms. The van der Waals surface area contributed by atoms with Gasteiger partial charge in [-0.1, -0.05) is 47.5 Å². The van der Waals surface area contributed by atoms with E-state index in [-0.39, 0.29) is 5.97 Å². The van der Waals surface area contributed by atoms with Gasteiger partial charge in [0.25, 0.3) is 0 Å². The number of rotatable bonds is 7. The maximum atomic E-state index is 11.0. The highest BCUT2D eigenvalue weighted by molar-refractivity contribution is 5.72. The van der Waals surface area contributed by atoms with Crippen molar-refractivity contribution in [3.8, 4) is 5.75 Å². The number of oxime groups is 1. The Labute approximate surface area is 145 Å². The van der Waals surface area contributed by atoms with Gasteiger partial charge < -0.3 is 9.94 Å². The molecule has 0 bridgehead atoms. The fourth-order valence-corrected chi connectivity index (χ4v) is 1.71. The first-order valence-corrected chi connectivity index (χ1v) is 8.21. The third-order valence-electron chi connectivity index (χ3n) is 2.95. The van der Waals surface area contributed by atoms with E-state index in [0.29, 0.717) is 12.2 Å². The topological polar surface area (TPSA) is 58.9 Å². The Morgan fingerprint density at radius 3 is 2.38 bits per heavy atom. The van der Waals surface area contributed by atoms with Gasteiger partial charge >= 0.3 is 5.97 Å². The standard InChI is InChI=1S/C10H17NO.C10H12O2/c1-9(2)5-4-6-10(3)7-8-11-12;1-2-6-10(11)12-9-7-4-3-5-8-9/h5,7-8,12H,4,6H2,1-3H3;3-5,7-8H,2,6H2,1H3. The molecule has 0 saturated carbocycles. The van der Waals surface area contributed by atoms with E-state index in [1.807, 2.05) is 38.1 Å². The fraction of sp³-hybridized carbons (Fsp3) is 0.400. The van der Waals surface area contributed by atoms with Crippen LogP contribution in [-0.2, 0) is 4.79 Å². The van der Waals surface area contributed by atoms with Crippen LogP contribution >= 0.6 is 0 Å². The molecule has 0 heterocycles. The number of esters is 1. The predicted molar refractivity (Wildman–Crippen MR) is 99.7 cm³/mol. The molecule has 0 fully saturated rings. The minimum absolute atomic E-state index is 0.163. The Kier molecular flexibility index (Phi) is 12.8. The van der Waals surface area contributed by atoms with Crippen LogP contribution in [0.2, 0.25) is 0 Å². The van der Waals surface area contributed by atoms with Crippen molar-refractivity contribution in [2.24, 2.45) is 5.16 Å². The number of allylic oxidation sites excluding steroid dienone is 4. The lowest BCUT2D eigenvalue weighted by atomic mass is 10.1. The first kappa shape index (κ1) is 21.6. The average Bonchev–Trinajstić information content (AvgIpc) is 2.54. The number of carbonyl (C=O) groups is 1. The number of para-hydroxylation sites is 1. The van der Waals surface area contributed by atoms with E-state index in [9.17, 15) is 4.79 Å². The monoisotopic (exact) mass is 331 g/mol. The molecule has 1 rings (SSSR count). The van der Waals surface area contributed by atoms with Crippen LogP contribution in [0.15, 0.2) is 58.8 Å². The van der Waals surface area contributed by atoms with E-state index in [2.05, 4.69) is 25.1 Å². The van der Waals surface area contributed by atoms with Crippen LogP contribution in [-0.4, -0.2) is 17.4 Å². The largest absolute Gasteiger partial charge is 0.427 e. The molecular weight excluding hydrogens is 302 g/mol. The third-order valence-corrected chi connectivity index (χ3v) is 2.95. The minimum atomic E-state index is -0.163. The SMILES string of the molecule is CC(C)=CCCC(C)=CC=NO.CCCC(=O)Oc1ccccc1. The van der Waals surface area contributed by atoms with Crippen molar-refractivity contribution in [2.45, 2.75) is 53.4 Å². The van der Waals surface area contributed by atoms with Gasteiger partial charge in [-0.3, -0.25) is 4.79 Å². The molecule has 0 spiro atoms. The van der Waals surface area contributed by atoms with Crippen molar-refractivity contribution in [1.29, 1.82) is 0 Å². The second-order valence-electron chi connectivity index (χ2n) is 5.63. The molecule has 4 nitrogen and oxygen atoms in total. The van der Waals surface area contributed by atoms with Crippen LogP contribution < -0.4 is 4.74 Å². The van der Waals surface area contributed by atoms with Crippen molar-refractivity contribution >= 4 is 12.2 Å². The highest BCUT2D eigenvalue weighted by Gasteiger charge is 2.00. The Morgan fingerprint density at radius 2 is 1.83 bits per heavy atom. The van der Waals surface area contributed by atoms with Gasteiger partial charge in [-0.05, 0) is 58.2 Å². The molecule has 0 amide bonds. The van der Waals surface area contributed by atoms with Crippen LogP contribution in [0.4, 0.5) is 0 Å². The number of ether oxygens (including phenoxy) is 1.